The average Bonchev–Trinajstić information content (AvgIpc) is 2.42. The molecule has 0 aliphatic heterocycles. The summed E-state index contributed by atoms with van der Waals surface area (Å²) in [5, 5.41) is 3.55. The summed E-state index contributed by atoms with van der Waals surface area (Å²) in [6.45, 7) is 2.35. The van der Waals surface area contributed by atoms with Crippen LogP contribution in [0.15, 0.2) is 17.0 Å². The highest BCUT2D eigenvalue weighted by Crippen LogP contribution is 2.31. The second-order valence-electron chi connectivity index (χ2n) is 4.55. The predicted molar refractivity (Wildman–Crippen MR) is 92.0 cm³/mol. The maximum atomic E-state index is 12.5. The van der Waals surface area contributed by atoms with Gasteiger partial charge in [0, 0.05) is 28.9 Å². The van der Waals surface area contributed by atoms with E-state index in [1.165, 1.54) is 6.07 Å². The van der Waals surface area contributed by atoms with Gasteiger partial charge in [0.15, 0.2) is 0 Å². The Morgan fingerprint density at radius 1 is 1.33 bits per heavy atom. The summed E-state index contributed by atoms with van der Waals surface area (Å²) in [5.41, 5.74) is 0.585. The third kappa shape index (κ3) is 5.01. The first-order chi connectivity index (χ1) is 9.87. The number of thioether (sulfide) groups is 1. The molecular formula is C13H20Cl2N2O2S2. The van der Waals surface area contributed by atoms with E-state index in [1.54, 1.807) is 24.9 Å². The van der Waals surface area contributed by atoms with E-state index in [1.807, 2.05) is 13.2 Å². The van der Waals surface area contributed by atoms with Crippen molar-refractivity contribution in [3.05, 3.63) is 27.7 Å². The van der Waals surface area contributed by atoms with E-state index < -0.39 is 10.0 Å². The summed E-state index contributed by atoms with van der Waals surface area (Å²) in [6.07, 6.45) is 2.66. The summed E-state index contributed by atoms with van der Waals surface area (Å²) in [5.74, 6) is 0.713. The standard InChI is InChI=1S/C13H20Cl2N2O2S2/c1-4-9(8-20-3)17-21(18,19)12-6-5-11(14)10(7-16-2)13(12)15/h5-6,9,16-17H,4,7-8H2,1-3H3. The normalized spacial score (nSPS) is 13.4. The minimum Gasteiger partial charge on any atom is -0.316 e. The molecule has 0 aromatic heterocycles. The minimum absolute atomic E-state index is 0.0679. The van der Waals surface area contributed by atoms with Crippen LogP contribution < -0.4 is 10.0 Å². The van der Waals surface area contributed by atoms with Gasteiger partial charge in [-0.2, -0.15) is 11.8 Å². The van der Waals surface area contributed by atoms with Gasteiger partial charge in [0.2, 0.25) is 10.0 Å². The lowest BCUT2D eigenvalue weighted by atomic mass is 10.2. The first-order valence-corrected chi connectivity index (χ1v) is 10.1. The van der Waals surface area contributed by atoms with E-state index in [-0.39, 0.29) is 16.0 Å². The summed E-state index contributed by atoms with van der Waals surface area (Å²) >= 11 is 13.9. The fourth-order valence-corrected chi connectivity index (χ4v) is 4.90. The maximum Gasteiger partial charge on any atom is 0.242 e. The number of halogens is 2. The molecule has 0 saturated heterocycles. The quantitative estimate of drug-likeness (QED) is 0.737. The largest absolute Gasteiger partial charge is 0.316 e. The smallest absolute Gasteiger partial charge is 0.242 e. The molecule has 0 fully saturated rings. The number of nitrogens with one attached hydrogen (secondary N) is 2. The Hall–Kier alpha value is 0.0200. The van der Waals surface area contributed by atoms with Gasteiger partial charge in [0.25, 0.3) is 0 Å². The Balaban J connectivity index is 3.17. The summed E-state index contributed by atoms with van der Waals surface area (Å²) in [7, 11) is -1.92. The highest BCUT2D eigenvalue weighted by molar-refractivity contribution is 7.98. The van der Waals surface area contributed by atoms with Crippen LogP contribution in [-0.2, 0) is 16.6 Å². The fourth-order valence-electron chi connectivity index (χ4n) is 1.84. The van der Waals surface area contributed by atoms with Crippen molar-refractivity contribution in [2.45, 2.75) is 30.8 Å². The summed E-state index contributed by atoms with van der Waals surface area (Å²) in [4.78, 5) is 0.0679. The maximum absolute atomic E-state index is 12.5. The molecule has 0 aliphatic rings. The molecular weight excluding hydrogens is 351 g/mol. The van der Waals surface area contributed by atoms with E-state index in [4.69, 9.17) is 23.2 Å². The van der Waals surface area contributed by atoms with Crippen LogP contribution in [-0.4, -0.2) is 33.5 Å². The topological polar surface area (TPSA) is 58.2 Å². The molecule has 0 spiro atoms. The number of hydrogen-bond donors (Lipinski definition) is 2. The van der Waals surface area contributed by atoms with Crippen LogP contribution in [0.25, 0.3) is 0 Å². The molecule has 1 aromatic rings. The molecule has 0 bridgehead atoms. The predicted octanol–water partition coefficient (Wildman–Crippen LogP) is 3.13. The van der Waals surface area contributed by atoms with Gasteiger partial charge in [-0.15, -0.1) is 0 Å². The lowest BCUT2D eigenvalue weighted by molar-refractivity contribution is 0.558. The van der Waals surface area contributed by atoms with E-state index in [0.29, 0.717) is 29.3 Å². The molecule has 1 aromatic carbocycles. The van der Waals surface area contributed by atoms with Gasteiger partial charge >= 0.3 is 0 Å². The first kappa shape index (κ1) is 19.1. The summed E-state index contributed by atoms with van der Waals surface area (Å²) in [6, 6.07) is 2.88. The van der Waals surface area contributed by atoms with Crippen molar-refractivity contribution < 1.29 is 8.42 Å². The van der Waals surface area contributed by atoms with Gasteiger partial charge in [0.05, 0.1) is 5.02 Å². The molecule has 120 valence electrons. The molecule has 2 N–H and O–H groups in total. The van der Waals surface area contributed by atoms with Crippen LogP contribution in [0.5, 0.6) is 0 Å². The van der Waals surface area contributed by atoms with Gasteiger partial charge in [-0.1, -0.05) is 30.1 Å². The third-order valence-corrected chi connectivity index (χ3v) is 6.17. The van der Waals surface area contributed by atoms with Crippen LogP contribution in [0, 0.1) is 0 Å². The SMILES string of the molecule is CCC(CSC)NS(=O)(=O)c1ccc(Cl)c(CNC)c1Cl. The lowest BCUT2D eigenvalue weighted by Gasteiger charge is -2.18. The number of benzene rings is 1. The van der Waals surface area contributed by atoms with Crippen LogP contribution >= 0.6 is 35.0 Å². The second-order valence-corrected chi connectivity index (χ2v) is 7.93. The van der Waals surface area contributed by atoms with Crippen LogP contribution in [0.2, 0.25) is 10.0 Å². The molecule has 4 nitrogen and oxygen atoms in total. The zero-order chi connectivity index (χ0) is 16.0. The molecule has 1 unspecified atom stereocenters. The van der Waals surface area contributed by atoms with Crippen LogP contribution in [0.4, 0.5) is 0 Å². The van der Waals surface area contributed by atoms with Gasteiger partial charge < -0.3 is 5.32 Å². The second kappa shape index (κ2) is 8.60. The Labute approximate surface area is 141 Å². The van der Waals surface area contributed by atoms with Gasteiger partial charge in [-0.05, 0) is 31.9 Å². The fraction of sp³-hybridized carbons (Fsp3) is 0.538. The van der Waals surface area contributed by atoms with E-state index in [9.17, 15) is 8.42 Å². The molecule has 1 atom stereocenters. The Morgan fingerprint density at radius 2 is 2.00 bits per heavy atom. The average molecular weight is 371 g/mol. The van der Waals surface area contributed by atoms with Crippen molar-refractivity contribution in [2.75, 3.05) is 19.1 Å². The van der Waals surface area contributed by atoms with Gasteiger partial charge in [-0.3, -0.25) is 0 Å². The zero-order valence-corrected chi connectivity index (χ0v) is 15.4. The Bertz CT molecular complexity index is 580. The van der Waals surface area contributed by atoms with Crippen molar-refractivity contribution >= 4 is 45.0 Å². The highest BCUT2D eigenvalue weighted by Gasteiger charge is 2.23. The van der Waals surface area contributed by atoms with Crippen molar-refractivity contribution in [2.24, 2.45) is 0 Å². The Morgan fingerprint density at radius 3 is 2.52 bits per heavy atom. The third-order valence-electron chi connectivity index (χ3n) is 2.98. The van der Waals surface area contributed by atoms with Gasteiger partial charge in [-0.25, -0.2) is 13.1 Å². The monoisotopic (exact) mass is 370 g/mol. The lowest BCUT2D eigenvalue weighted by Crippen LogP contribution is -2.36. The van der Waals surface area contributed by atoms with E-state index >= 15 is 0 Å². The van der Waals surface area contributed by atoms with Crippen molar-refractivity contribution in [1.82, 2.24) is 10.0 Å². The summed E-state index contributed by atoms with van der Waals surface area (Å²) < 4.78 is 27.7. The number of rotatable bonds is 8. The zero-order valence-electron chi connectivity index (χ0n) is 12.2. The van der Waals surface area contributed by atoms with Crippen LogP contribution in [0.1, 0.15) is 18.9 Å². The molecule has 8 heteroatoms. The first-order valence-electron chi connectivity index (χ1n) is 6.50. The molecule has 0 radical (unpaired) electrons. The molecule has 0 heterocycles. The van der Waals surface area contributed by atoms with Crippen LogP contribution in [0.3, 0.4) is 0 Å². The molecule has 21 heavy (non-hydrogen) atoms. The van der Waals surface area contributed by atoms with Crippen molar-refractivity contribution in [1.29, 1.82) is 0 Å². The van der Waals surface area contributed by atoms with E-state index in [0.717, 1.165) is 0 Å². The molecule has 1 rings (SSSR count). The van der Waals surface area contributed by atoms with Crippen molar-refractivity contribution in [3.8, 4) is 0 Å². The molecule has 0 saturated carbocycles. The highest BCUT2D eigenvalue weighted by atomic mass is 35.5. The molecule has 0 aliphatic carbocycles. The van der Waals surface area contributed by atoms with Gasteiger partial charge in [0.1, 0.15) is 4.90 Å². The Kier molecular flexibility index (Phi) is 7.81. The van der Waals surface area contributed by atoms with E-state index in [2.05, 4.69) is 10.0 Å². The number of sulfonamides is 1. The molecule has 0 amide bonds. The van der Waals surface area contributed by atoms with Crippen molar-refractivity contribution in [3.63, 3.8) is 0 Å². The minimum atomic E-state index is -3.66. The number of hydrogen-bond acceptors (Lipinski definition) is 4.